The molecular weight excluding hydrogens is 332 g/mol. The Hall–Kier alpha value is -1.34. The lowest BCUT2D eigenvalue weighted by molar-refractivity contribution is -0.140. The van der Waals surface area contributed by atoms with Crippen LogP contribution in [-0.2, 0) is 9.59 Å². The number of rotatable bonds is 2. The zero-order valence-corrected chi connectivity index (χ0v) is 15.2. The lowest BCUT2D eigenvalue weighted by Gasteiger charge is -2.38. The number of urea groups is 1. The molecule has 24 heavy (non-hydrogen) atoms. The van der Waals surface area contributed by atoms with E-state index >= 15 is 0 Å². The summed E-state index contributed by atoms with van der Waals surface area (Å²) in [5, 5.41) is 6.08. The number of imide groups is 1. The highest BCUT2D eigenvalue weighted by Crippen LogP contribution is 2.39. The maximum atomic E-state index is 12.9. The van der Waals surface area contributed by atoms with Crippen LogP contribution in [0.25, 0.3) is 0 Å². The third-order valence-corrected chi connectivity index (χ3v) is 5.21. The van der Waals surface area contributed by atoms with Crippen molar-refractivity contribution in [3.05, 3.63) is 0 Å². The van der Waals surface area contributed by atoms with Gasteiger partial charge in [0.05, 0.1) is 0 Å². The summed E-state index contributed by atoms with van der Waals surface area (Å²) in [5.74, 6) is 0.423. The van der Waals surface area contributed by atoms with E-state index in [9.17, 15) is 14.4 Å². The first-order valence-corrected chi connectivity index (χ1v) is 8.54. The van der Waals surface area contributed by atoms with E-state index in [0.29, 0.717) is 37.8 Å². The van der Waals surface area contributed by atoms with Gasteiger partial charge in [-0.1, -0.05) is 13.8 Å². The molecule has 0 aromatic carbocycles. The van der Waals surface area contributed by atoms with E-state index in [1.54, 1.807) is 4.90 Å². The molecule has 1 aliphatic carbocycles. The second-order valence-corrected chi connectivity index (χ2v) is 7.39. The normalized spacial score (nSPS) is 33.4. The highest BCUT2D eigenvalue weighted by molar-refractivity contribution is 6.09. The summed E-state index contributed by atoms with van der Waals surface area (Å²) < 4.78 is 0. The second-order valence-electron chi connectivity index (χ2n) is 7.39. The van der Waals surface area contributed by atoms with Crippen molar-refractivity contribution in [1.29, 1.82) is 0 Å². The predicted molar refractivity (Wildman–Crippen MR) is 91.9 cm³/mol. The van der Waals surface area contributed by atoms with Crippen LogP contribution < -0.4 is 10.6 Å². The molecule has 2 aliphatic heterocycles. The Morgan fingerprint density at radius 3 is 2.33 bits per heavy atom. The first-order chi connectivity index (χ1) is 10.9. The van der Waals surface area contributed by atoms with Crippen LogP contribution in [0.15, 0.2) is 0 Å². The van der Waals surface area contributed by atoms with Gasteiger partial charge in [0.1, 0.15) is 12.1 Å². The molecule has 3 fully saturated rings. The number of nitrogens with zero attached hydrogens (tertiary/aromatic N) is 2. The van der Waals surface area contributed by atoms with Gasteiger partial charge in [0, 0.05) is 26.2 Å². The third kappa shape index (κ3) is 3.52. The maximum absolute atomic E-state index is 12.9. The van der Waals surface area contributed by atoms with E-state index in [4.69, 9.17) is 0 Å². The molecule has 2 heterocycles. The number of carbonyl (C=O) groups excluding carboxylic acids is 3. The minimum absolute atomic E-state index is 0. The van der Waals surface area contributed by atoms with Gasteiger partial charge in [0.25, 0.3) is 5.91 Å². The molecule has 8 heteroatoms. The maximum Gasteiger partial charge on any atom is 0.325 e. The van der Waals surface area contributed by atoms with Crippen molar-refractivity contribution in [2.75, 3.05) is 32.7 Å². The lowest BCUT2D eigenvalue weighted by atomic mass is 9.71. The molecule has 3 aliphatic rings. The number of halogens is 1. The van der Waals surface area contributed by atoms with Gasteiger partial charge in [-0.05, 0) is 31.1 Å². The number of hydrogen-bond donors (Lipinski definition) is 2. The monoisotopic (exact) mass is 358 g/mol. The van der Waals surface area contributed by atoms with Crippen LogP contribution in [0.4, 0.5) is 4.79 Å². The highest BCUT2D eigenvalue weighted by atomic mass is 35.5. The van der Waals surface area contributed by atoms with Gasteiger partial charge in [-0.25, -0.2) is 4.79 Å². The first-order valence-electron chi connectivity index (χ1n) is 8.54. The van der Waals surface area contributed by atoms with Crippen LogP contribution in [0.1, 0.15) is 33.1 Å². The van der Waals surface area contributed by atoms with Crippen LogP contribution >= 0.6 is 12.4 Å². The Balaban J connectivity index is 0.00000208. The summed E-state index contributed by atoms with van der Waals surface area (Å²) >= 11 is 0. The topological polar surface area (TPSA) is 81.8 Å². The van der Waals surface area contributed by atoms with E-state index in [2.05, 4.69) is 24.5 Å². The van der Waals surface area contributed by atoms with E-state index in [1.807, 2.05) is 0 Å². The molecule has 0 radical (unpaired) electrons. The lowest BCUT2D eigenvalue weighted by Crippen LogP contribution is -2.53. The zero-order valence-electron chi connectivity index (χ0n) is 14.3. The largest absolute Gasteiger partial charge is 0.339 e. The molecule has 2 saturated heterocycles. The molecule has 1 saturated carbocycles. The van der Waals surface area contributed by atoms with Crippen molar-refractivity contribution in [3.63, 3.8) is 0 Å². The molecular formula is C16H27ClN4O3. The van der Waals surface area contributed by atoms with Crippen molar-refractivity contribution in [2.24, 2.45) is 11.8 Å². The molecule has 4 amide bonds. The minimum atomic E-state index is -0.794. The van der Waals surface area contributed by atoms with Crippen LogP contribution in [-0.4, -0.2) is 65.9 Å². The third-order valence-electron chi connectivity index (χ3n) is 5.21. The smallest absolute Gasteiger partial charge is 0.325 e. The van der Waals surface area contributed by atoms with Crippen LogP contribution in [0, 0.1) is 11.8 Å². The average Bonchev–Trinajstić information content (AvgIpc) is 2.71. The van der Waals surface area contributed by atoms with Gasteiger partial charge in [0.15, 0.2) is 0 Å². The van der Waals surface area contributed by atoms with Gasteiger partial charge >= 0.3 is 6.03 Å². The van der Waals surface area contributed by atoms with Crippen molar-refractivity contribution in [3.8, 4) is 0 Å². The second kappa shape index (κ2) is 7.27. The van der Waals surface area contributed by atoms with Crippen molar-refractivity contribution in [2.45, 2.75) is 38.6 Å². The Morgan fingerprint density at radius 2 is 1.75 bits per heavy atom. The molecule has 3 rings (SSSR count). The molecule has 2 atom stereocenters. The van der Waals surface area contributed by atoms with E-state index in [-0.39, 0.29) is 30.8 Å². The van der Waals surface area contributed by atoms with Gasteiger partial charge < -0.3 is 15.5 Å². The summed E-state index contributed by atoms with van der Waals surface area (Å²) in [6.07, 6.45) is 2.41. The van der Waals surface area contributed by atoms with Gasteiger partial charge in [0.2, 0.25) is 5.91 Å². The Morgan fingerprint density at radius 1 is 1.17 bits per heavy atom. The van der Waals surface area contributed by atoms with Gasteiger partial charge in [-0.3, -0.25) is 14.5 Å². The molecule has 0 aromatic rings. The summed E-state index contributed by atoms with van der Waals surface area (Å²) in [6, 6.07) is -0.417. The average molecular weight is 359 g/mol. The number of hydrogen-bond acceptors (Lipinski definition) is 4. The SMILES string of the molecule is CC1CC(C)CC2(C1)NC(=O)N(CC(=O)N1CCNCC1)C2=O.Cl. The Bertz CT molecular complexity index is 511. The van der Waals surface area contributed by atoms with E-state index in [0.717, 1.165) is 24.4 Å². The van der Waals surface area contributed by atoms with Crippen LogP contribution in [0.2, 0.25) is 0 Å². The summed E-state index contributed by atoms with van der Waals surface area (Å²) in [5.41, 5.74) is -0.794. The van der Waals surface area contributed by atoms with E-state index < -0.39 is 11.6 Å². The molecule has 0 aromatic heterocycles. The summed E-state index contributed by atoms with van der Waals surface area (Å²) in [6.45, 7) is 6.85. The van der Waals surface area contributed by atoms with Crippen LogP contribution in [0.3, 0.4) is 0 Å². The highest BCUT2D eigenvalue weighted by Gasteiger charge is 2.54. The van der Waals surface area contributed by atoms with E-state index in [1.165, 1.54) is 0 Å². The minimum Gasteiger partial charge on any atom is -0.339 e. The summed E-state index contributed by atoms with van der Waals surface area (Å²) in [4.78, 5) is 40.4. The fourth-order valence-electron chi connectivity index (χ4n) is 4.37. The quantitative estimate of drug-likeness (QED) is 0.708. The Labute approximate surface area is 148 Å². The van der Waals surface area contributed by atoms with Crippen molar-refractivity contribution in [1.82, 2.24) is 20.4 Å². The van der Waals surface area contributed by atoms with Crippen molar-refractivity contribution < 1.29 is 14.4 Å². The molecule has 7 nitrogen and oxygen atoms in total. The molecule has 0 bridgehead atoms. The van der Waals surface area contributed by atoms with Crippen LogP contribution in [0.5, 0.6) is 0 Å². The fraction of sp³-hybridized carbons (Fsp3) is 0.812. The molecule has 2 N–H and O–H groups in total. The van der Waals surface area contributed by atoms with Crippen molar-refractivity contribution >= 4 is 30.3 Å². The van der Waals surface area contributed by atoms with Gasteiger partial charge in [-0.2, -0.15) is 0 Å². The number of piperazine rings is 1. The first kappa shape index (κ1) is 19.0. The molecule has 2 unspecified atom stereocenters. The van der Waals surface area contributed by atoms with Gasteiger partial charge in [-0.15, -0.1) is 12.4 Å². The fourth-order valence-corrected chi connectivity index (χ4v) is 4.37. The zero-order chi connectivity index (χ0) is 16.6. The molecule has 136 valence electrons. The number of carbonyl (C=O) groups is 3. The Kier molecular flexibility index (Phi) is 5.75. The summed E-state index contributed by atoms with van der Waals surface area (Å²) in [7, 11) is 0. The standard InChI is InChI=1S/C16H26N4O3.ClH/c1-11-7-12(2)9-16(8-11)14(22)20(15(23)18-16)10-13(21)19-5-3-17-4-6-19;/h11-12,17H,3-10H2,1-2H3,(H,18,23);1H. The number of nitrogens with one attached hydrogen (secondary N) is 2. The molecule has 1 spiro atoms. The predicted octanol–water partition coefficient (Wildman–Crippen LogP) is 0.587. The number of amides is 4.